The van der Waals surface area contributed by atoms with Crippen molar-refractivity contribution in [2.24, 2.45) is 17.8 Å². The molecule has 0 heterocycles. The van der Waals surface area contributed by atoms with Crippen LogP contribution in [0, 0.1) is 17.8 Å². The number of Topliss-reactive ketones (excluding diaryl/α,β-unsaturated/α-hetero) is 1. The van der Waals surface area contributed by atoms with Gasteiger partial charge in [-0.25, -0.2) is 4.79 Å². The van der Waals surface area contributed by atoms with Crippen LogP contribution in [0.15, 0.2) is 0 Å². The summed E-state index contributed by atoms with van der Waals surface area (Å²) in [4.78, 5) is 22.7. The van der Waals surface area contributed by atoms with E-state index in [1.807, 2.05) is 0 Å². The van der Waals surface area contributed by atoms with E-state index in [9.17, 15) is 9.59 Å². The molecular weight excluding hydrogens is 206 g/mol. The Morgan fingerprint density at radius 3 is 2.12 bits per heavy atom. The maximum absolute atomic E-state index is 11.5. The van der Waals surface area contributed by atoms with Gasteiger partial charge in [-0.3, -0.25) is 4.79 Å². The third-order valence-corrected chi connectivity index (χ3v) is 3.69. The number of ether oxygens (including phenoxy) is 1. The maximum Gasteiger partial charge on any atom is 0.407 e. The van der Waals surface area contributed by atoms with Crippen molar-refractivity contribution in [1.82, 2.24) is 5.32 Å². The van der Waals surface area contributed by atoms with E-state index in [-0.39, 0.29) is 17.7 Å². The lowest BCUT2D eigenvalue weighted by atomic mass is 9.94. The lowest BCUT2D eigenvalue weighted by Crippen LogP contribution is -2.44. The monoisotopic (exact) mass is 227 g/mol. The molecule has 4 heteroatoms. The van der Waals surface area contributed by atoms with Crippen LogP contribution < -0.4 is 5.32 Å². The van der Waals surface area contributed by atoms with Crippen molar-refractivity contribution >= 4 is 11.9 Å². The number of carbonyl (C=O) groups is 2. The second-order valence-electron chi connectivity index (χ2n) is 4.91. The zero-order valence-electron chi connectivity index (χ0n) is 10.4. The van der Waals surface area contributed by atoms with Crippen LogP contribution in [0.5, 0.6) is 0 Å². The highest BCUT2D eigenvalue weighted by molar-refractivity contribution is 5.85. The number of hydrogen-bond acceptors (Lipinski definition) is 3. The first-order chi connectivity index (χ1) is 7.45. The molecule has 16 heavy (non-hydrogen) atoms. The first kappa shape index (κ1) is 13.0. The summed E-state index contributed by atoms with van der Waals surface area (Å²) in [5.41, 5.74) is 0. The molecule has 0 aliphatic heterocycles. The van der Waals surface area contributed by atoms with E-state index in [0.29, 0.717) is 11.8 Å². The Hall–Kier alpha value is -1.06. The molecule has 1 amide bonds. The quantitative estimate of drug-likeness (QED) is 0.802. The molecule has 1 fully saturated rings. The molecule has 4 atom stereocenters. The summed E-state index contributed by atoms with van der Waals surface area (Å²) in [6.45, 7) is 5.91. The van der Waals surface area contributed by atoms with Crippen LogP contribution in [0.2, 0.25) is 0 Å². The van der Waals surface area contributed by atoms with Crippen molar-refractivity contribution in [1.29, 1.82) is 0 Å². The average molecular weight is 227 g/mol. The van der Waals surface area contributed by atoms with Crippen LogP contribution in [0.4, 0.5) is 4.79 Å². The largest absolute Gasteiger partial charge is 0.453 e. The van der Waals surface area contributed by atoms with Gasteiger partial charge in [0.1, 0.15) is 0 Å². The Labute approximate surface area is 96.7 Å². The number of rotatable bonds is 3. The number of methoxy groups -OCH3 is 1. The number of carbonyl (C=O) groups excluding carboxylic acids is 2. The van der Waals surface area contributed by atoms with Gasteiger partial charge < -0.3 is 10.1 Å². The second-order valence-corrected chi connectivity index (χ2v) is 4.91. The number of nitrogens with one attached hydrogen (secondary N) is 1. The van der Waals surface area contributed by atoms with Gasteiger partial charge >= 0.3 is 6.09 Å². The number of amides is 1. The summed E-state index contributed by atoms with van der Waals surface area (Å²) in [6, 6.07) is -0.389. The second kappa shape index (κ2) is 5.32. The fourth-order valence-electron chi connectivity index (χ4n) is 2.53. The van der Waals surface area contributed by atoms with E-state index in [0.717, 1.165) is 12.8 Å². The van der Waals surface area contributed by atoms with Crippen molar-refractivity contribution in [3.8, 4) is 0 Å². The van der Waals surface area contributed by atoms with E-state index < -0.39 is 6.09 Å². The van der Waals surface area contributed by atoms with Crippen molar-refractivity contribution in [2.75, 3.05) is 7.11 Å². The minimum atomic E-state index is -0.521. The van der Waals surface area contributed by atoms with Gasteiger partial charge in [0.05, 0.1) is 13.2 Å². The van der Waals surface area contributed by atoms with Crippen LogP contribution in [-0.2, 0) is 9.53 Å². The maximum atomic E-state index is 11.5. The third kappa shape index (κ3) is 2.97. The molecule has 0 bridgehead atoms. The molecule has 1 aliphatic carbocycles. The van der Waals surface area contributed by atoms with Gasteiger partial charge in [0.2, 0.25) is 0 Å². The molecule has 0 spiro atoms. The molecule has 4 nitrogen and oxygen atoms in total. The number of alkyl carbamates (subject to hydrolysis) is 1. The smallest absolute Gasteiger partial charge is 0.407 e. The number of hydrogen-bond donors (Lipinski definition) is 1. The van der Waals surface area contributed by atoms with Gasteiger partial charge in [0.15, 0.2) is 5.78 Å². The topological polar surface area (TPSA) is 55.4 Å². The molecule has 1 saturated carbocycles. The van der Waals surface area contributed by atoms with E-state index in [4.69, 9.17) is 0 Å². The molecule has 1 aliphatic rings. The Morgan fingerprint density at radius 2 is 1.75 bits per heavy atom. The van der Waals surface area contributed by atoms with Gasteiger partial charge in [-0.15, -0.1) is 0 Å². The lowest BCUT2D eigenvalue weighted by Gasteiger charge is -2.21. The highest BCUT2D eigenvalue weighted by Gasteiger charge is 2.36. The molecular formula is C12H21NO3. The third-order valence-electron chi connectivity index (χ3n) is 3.69. The van der Waals surface area contributed by atoms with Crippen molar-refractivity contribution in [3.05, 3.63) is 0 Å². The standard InChI is InChI=1S/C12H21NO3/c1-7-5-10(6-8(7)2)11(9(3)14)13-12(15)16-4/h7-8,10-11H,5-6H2,1-4H3,(H,13,15)/t7-,8+,10?,11?. The molecule has 92 valence electrons. The summed E-state index contributed by atoms with van der Waals surface area (Å²) in [7, 11) is 1.31. The van der Waals surface area contributed by atoms with E-state index >= 15 is 0 Å². The molecule has 1 rings (SSSR count). The van der Waals surface area contributed by atoms with Crippen LogP contribution in [0.25, 0.3) is 0 Å². The summed E-state index contributed by atoms with van der Waals surface area (Å²) in [6.07, 6.45) is 1.47. The van der Waals surface area contributed by atoms with Crippen molar-refractivity contribution in [3.63, 3.8) is 0 Å². The summed E-state index contributed by atoms with van der Waals surface area (Å²) in [5, 5.41) is 2.64. The molecule has 0 aromatic rings. The van der Waals surface area contributed by atoms with Crippen LogP contribution in [0.3, 0.4) is 0 Å². The number of ketones is 1. The van der Waals surface area contributed by atoms with Crippen LogP contribution in [0.1, 0.15) is 33.6 Å². The molecule has 1 N–H and O–H groups in total. The Morgan fingerprint density at radius 1 is 1.25 bits per heavy atom. The predicted molar refractivity (Wildman–Crippen MR) is 61.1 cm³/mol. The minimum absolute atomic E-state index is 0.0108. The van der Waals surface area contributed by atoms with E-state index in [1.165, 1.54) is 14.0 Å². The highest BCUT2D eigenvalue weighted by Crippen LogP contribution is 2.37. The minimum Gasteiger partial charge on any atom is -0.453 e. The fourth-order valence-corrected chi connectivity index (χ4v) is 2.53. The van der Waals surface area contributed by atoms with Gasteiger partial charge in [-0.1, -0.05) is 13.8 Å². The van der Waals surface area contributed by atoms with Crippen molar-refractivity contribution < 1.29 is 14.3 Å². The van der Waals surface area contributed by atoms with Crippen LogP contribution >= 0.6 is 0 Å². The Bertz CT molecular complexity index is 267. The highest BCUT2D eigenvalue weighted by atomic mass is 16.5. The van der Waals surface area contributed by atoms with Gasteiger partial charge in [-0.05, 0) is 37.5 Å². The van der Waals surface area contributed by atoms with Crippen molar-refractivity contribution in [2.45, 2.75) is 39.7 Å². The molecule has 2 unspecified atom stereocenters. The zero-order chi connectivity index (χ0) is 12.3. The Kier molecular flexibility index (Phi) is 4.33. The van der Waals surface area contributed by atoms with Crippen LogP contribution in [-0.4, -0.2) is 25.0 Å². The Balaban J connectivity index is 2.64. The van der Waals surface area contributed by atoms with E-state index in [1.54, 1.807) is 0 Å². The lowest BCUT2D eigenvalue weighted by molar-refractivity contribution is -0.120. The summed E-state index contributed by atoms with van der Waals surface area (Å²) >= 11 is 0. The molecule has 0 saturated heterocycles. The normalized spacial score (nSPS) is 30.9. The summed E-state index contributed by atoms with van der Waals surface area (Å²) < 4.78 is 4.54. The molecule has 0 aromatic heterocycles. The van der Waals surface area contributed by atoms with E-state index in [2.05, 4.69) is 23.9 Å². The first-order valence-electron chi connectivity index (χ1n) is 5.80. The van der Waals surface area contributed by atoms with Gasteiger partial charge in [0.25, 0.3) is 0 Å². The van der Waals surface area contributed by atoms with Gasteiger partial charge in [0, 0.05) is 0 Å². The fraction of sp³-hybridized carbons (Fsp3) is 0.833. The van der Waals surface area contributed by atoms with Gasteiger partial charge in [-0.2, -0.15) is 0 Å². The SMILES string of the molecule is COC(=O)NC(C(C)=O)C1C[C@@H](C)[C@@H](C)C1. The predicted octanol–water partition coefficient (Wildman–Crippen LogP) is 1.98. The zero-order valence-corrected chi connectivity index (χ0v) is 10.4. The first-order valence-corrected chi connectivity index (χ1v) is 5.80. The average Bonchev–Trinajstić information content (AvgIpc) is 2.54. The molecule has 0 radical (unpaired) electrons. The molecule has 0 aromatic carbocycles. The summed E-state index contributed by atoms with van der Waals surface area (Å²) in [5.74, 6) is 1.50.